The molecule has 0 aromatic heterocycles. The number of rotatable bonds is 5. The first-order valence-corrected chi connectivity index (χ1v) is 7.95. The molecular weight excluding hydrogens is 236 g/mol. The van der Waals surface area contributed by atoms with E-state index < -0.39 is 5.97 Å². The Kier molecular flexibility index (Phi) is 7.19. The molecule has 2 nitrogen and oxygen atoms in total. The number of allylic oxidation sites excluding steroid dienone is 1. The normalized spacial score (nSPS) is 19.8. The Morgan fingerprint density at radius 3 is 2.11 bits per heavy atom. The maximum atomic E-state index is 11.5. The second-order valence-corrected chi connectivity index (χ2v) is 6.44. The van der Waals surface area contributed by atoms with Crippen LogP contribution in [0.2, 0.25) is 0 Å². The molecule has 1 aliphatic carbocycles. The number of carboxylic acid groups (broad SMARTS) is 1. The summed E-state index contributed by atoms with van der Waals surface area (Å²) in [5.41, 5.74) is 1.86. The molecule has 0 aromatic carbocycles. The van der Waals surface area contributed by atoms with Crippen LogP contribution in [-0.2, 0) is 4.79 Å². The first-order valence-electron chi connectivity index (χ1n) is 7.95. The summed E-state index contributed by atoms with van der Waals surface area (Å²) in [4.78, 5) is 11.5. The van der Waals surface area contributed by atoms with Gasteiger partial charge in [-0.15, -0.1) is 0 Å². The van der Waals surface area contributed by atoms with Crippen molar-refractivity contribution in [1.29, 1.82) is 0 Å². The zero-order chi connectivity index (χ0) is 14.3. The summed E-state index contributed by atoms with van der Waals surface area (Å²) in [6, 6.07) is 0. The minimum atomic E-state index is -0.694. The Morgan fingerprint density at radius 2 is 1.63 bits per heavy atom. The van der Waals surface area contributed by atoms with Gasteiger partial charge in [-0.25, -0.2) is 4.79 Å². The summed E-state index contributed by atoms with van der Waals surface area (Å²) >= 11 is 0. The summed E-state index contributed by atoms with van der Waals surface area (Å²) in [6.07, 6.45) is 10.6. The van der Waals surface area contributed by atoms with Crippen LogP contribution in [0.25, 0.3) is 0 Å². The predicted molar refractivity (Wildman–Crippen MR) is 80.2 cm³/mol. The fourth-order valence-electron chi connectivity index (χ4n) is 3.04. The van der Waals surface area contributed by atoms with E-state index in [0.717, 1.165) is 18.4 Å². The Bertz CT molecular complexity index is 307. The average molecular weight is 266 g/mol. The van der Waals surface area contributed by atoms with Crippen LogP contribution >= 0.6 is 0 Å². The number of hydrogen-bond acceptors (Lipinski definition) is 1. The van der Waals surface area contributed by atoms with Gasteiger partial charge in [0.2, 0.25) is 0 Å². The van der Waals surface area contributed by atoms with Gasteiger partial charge < -0.3 is 5.11 Å². The van der Waals surface area contributed by atoms with Gasteiger partial charge in [-0.1, -0.05) is 51.5 Å². The topological polar surface area (TPSA) is 37.3 Å². The Labute approximate surface area is 118 Å². The molecule has 1 aliphatic rings. The Balaban J connectivity index is 2.76. The summed E-state index contributed by atoms with van der Waals surface area (Å²) in [5.74, 6) is 0.387. The molecule has 1 fully saturated rings. The van der Waals surface area contributed by atoms with E-state index in [9.17, 15) is 9.90 Å². The molecule has 2 heteroatoms. The van der Waals surface area contributed by atoms with Crippen LogP contribution in [0.5, 0.6) is 0 Å². The van der Waals surface area contributed by atoms with Crippen LogP contribution in [0, 0.1) is 11.8 Å². The van der Waals surface area contributed by atoms with Gasteiger partial charge in [0.15, 0.2) is 0 Å². The van der Waals surface area contributed by atoms with E-state index in [2.05, 4.69) is 20.8 Å². The molecule has 0 aliphatic heterocycles. The first-order chi connectivity index (χ1) is 9.02. The highest BCUT2D eigenvalue weighted by molar-refractivity contribution is 5.87. The molecule has 1 saturated carbocycles. The van der Waals surface area contributed by atoms with Crippen molar-refractivity contribution in [2.75, 3.05) is 0 Å². The fraction of sp³-hybridized carbons (Fsp3) is 0.824. The highest BCUT2D eigenvalue weighted by atomic mass is 16.4. The Hall–Kier alpha value is -0.790. The number of aliphatic carboxylic acids is 1. The quantitative estimate of drug-likeness (QED) is 0.696. The van der Waals surface area contributed by atoms with Crippen LogP contribution in [0.4, 0.5) is 0 Å². The Morgan fingerprint density at radius 1 is 1.11 bits per heavy atom. The van der Waals surface area contributed by atoms with Crippen LogP contribution in [-0.4, -0.2) is 11.1 Å². The molecule has 0 unspecified atom stereocenters. The molecule has 0 spiro atoms. The lowest BCUT2D eigenvalue weighted by atomic mass is 9.83. The van der Waals surface area contributed by atoms with Gasteiger partial charge in [-0.2, -0.15) is 0 Å². The molecule has 110 valence electrons. The maximum Gasteiger partial charge on any atom is 0.331 e. The molecule has 0 aromatic rings. The molecule has 1 rings (SSSR count). The number of carboxylic acids is 1. The molecular formula is C17H30O2. The number of carbonyl (C=O) groups is 1. The highest BCUT2D eigenvalue weighted by Gasteiger charge is 2.19. The van der Waals surface area contributed by atoms with Crippen molar-refractivity contribution in [2.24, 2.45) is 11.8 Å². The van der Waals surface area contributed by atoms with Gasteiger partial charge in [-0.3, -0.25) is 0 Å². The van der Waals surface area contributed by atoms with E-state index in [1.165, 1.54) is 44.9 Å². The summed E-state index contributed by atoms with van der Waals surface area (Å²) in [7, 11) is 0. The highest BCUT2D eigenvalue weighted by Crippen LogP contribution is 2.31. The second-order valence-electron chi connectivity index (χ2n) is 6.44. The van der Waals surface area contributed by atoms with Crippen molar-refractivity contribution in [3.05, 3.63) is 11.1 Å². The van der Waals surface area contributed by atoms with Gasteiger partial charge in [0.25, 0.3) is 0 Å². The summed E-state index contributed by atoms with van der Waals surface area (Å²) in [6.45, 7) is 6.38. The van der Waals surface area contributed by atoms with Gasteiger partial charge in [-0.05, 0) is 44.4 Å². The molecule has 0 bridgehead atoms. The third kappa shape index (κ3) is 5.80. The minimum absolute atomic E-state index is 0.513. The smallest absolute Gasteiger partial charge is 0.331 e. The van der Waals surface area contributed by atoms with Crippen molar-refractivity contribution in [3.8, 4) is 0 Å². The van der Waals surface area contributed by atoms with Crippen LogP contribution in [0.3, 0.4) is 0 Å². The maximum absolute atomic E-state index is 11.5. The first kappa shape index (κ1) is 16.3. The fourth-order valence-corrected chi connectivity index (χ4v) is 3.04. The van der Waals surface area contributed by atoms with E-state index in [1.807, 2.05) is 0 Å². The van der Waals surface area contributed by atoms with Crippen molar-refractivity contribution >= 4 is 5.97 Å². The molecule has 19 heavy (non-hydrogen) atoms. The van der Waals surface area contributed by atoms with Crippen molar-refractivity contribution in [3.63, 3.8) is 0 Å². The monoisotopic (exact) mass is 266 g/mol. The van der Waals surface area contributed by atoms with Crippen molar-refractivity contribution in [1.82, 2.24) is 0 Å². The molecule has 0 amide bonds. The van der Waals surface area contributed by atoms with Crippen molar-refractivity contribution in [2.45, 2.75) is 78.6 Å². The van der Waals surface area contributed by atoms with Crippen LogP contribution in [0.15, 0.2) is 11.1 Å². The summed E-state index contributed by atoms with van der Waals surface area (Å²) < 4.78 is 0. The zero-order valence-electron chi connectivity index (χ0n) is 12.9. The lowest BCUT2D eigenvalue weighted by Crippen LogP contribution is -2.12. The van der Waals surface area contributed by atoms with Gasteiger partial charge >= 0.3 is 5.97 Å². The number of hydrogen-bond donors (Lipinski definition) is 1. The minimum Gasteiger partial charge on any atom is -0.478 e. The van der Waals surface area contributed by atoms with Crippen LogP contribution in [0.1, 0.15) is 78.6 Å². The lowest BCUT2D eigenvalue weighted by molar-refractivity contribution is -0.132. The SMILES string of the molecule is CC(=C(CCC(C)C)C(=O)O)C1CCCCCCC1. The zero-order valence-corrected chi connectivity index (χ0v) is 12.9. The summed E-state index contributed by atoms with van der Waals surface area (Å²) in [5, 5.41) is 9.46. The second kappa shape index (κ2) is 8.39. The third-order valence-electron chi connectivity index (χ3n) is 4.42. The van der Waals surface area contributed by atoms with E-state index in [0.29, 0.717) is 17.4 Å². The molecule has 0 atom stereocenters. The average Bonchev–Trinajstić information content (AvgIpc) is 2.27. The van der Waals surface area contributed by atoms with Gasteiger partial charge in [0, 0.05) is 5.57 Å². The van der Waals surface area contributed by atoms with E-state index in [-0.39, 0.29) is 0 Å². The van der Waals surface area contributed by atoms with Crippen LogP contribution < -0.4 is 0 Å². The van der Waals surface area contributed by atoms with Gasteiger partial charge in [0.05, 0.1) is 0 Å². The van der Waals surface area contributed by atoms with E-state index in [1.54, 1.807) is 0 Å². The van der Waals surface area contributed by atoms with Gasteiger partial charge in [0.1, 0.15) is 0 Å². The molecule has 1 N–H and O–H groups in total. The third-order valence-corrected chi connectivity index (χ3v) is 4.42. The largest absolute Gasteiger partial charge is 0.478 e. The predicted octanol–water partition coefficient (Wildman–Crippen LogP) is 5.18. The lowest BCUT2D eigenvalue weighted by Gasteiger charge is -2.22. The molecule has 0 radical (unpaired) electrons. The van der Waals surface area contributed by atoms with E-state index in [4.69, 9.17) is 0 Å². The standard InChI is InChI=1S/C17H30O2/c1-13(2)11-12-16(17(18)19)14(3)15-9-7-5-4-6-8-10-15/h13,15H,4-12H2,1-3H3,(H,18,19). The molecule has 0 saturated heterocycles. The molecule has 0 heterocycles. The van der Waals surface area contributed by atoms with Crippen molar-refractivity contribution < 1.29 is 9.90 Å². The van der Waals surface area contributed by atoms with E-state index >= 15 is 0 Å².